The fourth-order valence-corrected chi connectivity index (χ4v) is 3.40. The number of carbonyl (C=O) groups excluding carboxylic acids is 1. The first kappa shape index (κ1) is 14.1. The third-order valence-corrected chi connectivity index (χ3v) is 4.92. The fourth-order valence-electron chi connectivity index (χ4n) is 2.10. The third-order valence-electron chi connectivity index (χ3n) is 3.21. The van der Waals surface area contributed by atoms with E-state index in [-0.39, 0.29) is 5.91 Å². The Hall–Kier alpha value is -1.85. The molecule has 0 spiro atoms. The van der Waals surface area contributed by atoms with Gasteiger partial charge in [0.05, 0.1) is 5.69 Å². The lowest BCUT2D eigenvalue weighted by Crippen LogP contribution is -2.22. The number of nitrogens with two attached hydrogens (primary N) is 1. The van der Waals surface area contributed by atoms with Gasteiger partial charge in [0.1, 0.15) is 4.88 Å². The van der Waals surface area contributed by atoms with Crippen LogP contribution in [0.15, 0.2) is 53.0 Å². The first-order valence-electron chi connectivity index (χ1n) is 6.45. The zero-order valence-corrected chi connectivity index (χ0v) is 13.5. The molecule has 21 heavy (non-hydrogen) atoms. The van der Waals surface area contributed by atoms with Crippen LogP contribution in [0.5, 0.6) is 0 Å². The predicted molar refractivity (Wildman–Crippen MR) is 91.5 cm³/mol. The van der Waals surface area contributed by atoms with Crippen molar-refractivity contribution in [2.24, 2.45) is 0 Å². The molecule has 0 bridgehead atoms. The van der Waals surface area contributed by atoms with Crippen LogP contribution in [0, 0.1) is 0 Å². The van der Waals surface area contributed by atoms with E-state index in [1.807, 2.05) is 48.5 Å². The van der Waals surface area contributed by atoms with E-state index in [1.165, 1.54) is 11.3 Å². The molecule has 0 radical (unpaired) electrons. The molecule has 0 aliphatic heterocycles. The maximum atomic E-state index is 12.3. The Morgan fingerprint density at radius 2 is 1.86 bits per heavy atom. The number of hydrogen-bond acceptors (Lipinski definition) is 3. The summed E-state index contributed by atoms with van der Waals surface area (Å²) in [5.41, 5.74) is 7.68. The molecule has 0 saturated heterocycles. The van der Waals surface area contributed by atoms with Gasteiger partial charge in [0.2, 0.25) is 0 Å². The molecule has 3 aromatic rings. The van der Waals surface area contributed by atoms with Gasteiger partial charge in [-0.05, 0) is 23.8 Å². The lowest BCUT2D eigenvalue weighted by atomic mass is 10.2. The second kappa shape index (κ2) is 5.87. The summed E-state index contributed by atoms with van der Waals surface area (Å²) in [4.78, 5) is 12.9. The Balaban J connectivity index is 1.78. The summed E-state index contributed by atoms with van der Waals surface area (Å²) in [7, 11) is 0. The molecule has 3 rings (SSSR count). The molecule has 3 N–H and O–H groups in total. The van der Waals surface area contributed by atoms with E-state index in [4.69, 9.17) is 5.73 Å². The summed E-state index contributed by atoms with van der Waals surface area (Å²) in [5, 5.41) is 3.85. The highest BCUT2D eigenvalue weighted by atomic mass is 79.9. The van der Waals surface area contributed by atoms with Gasteiger partial charge in [0.15, 0.2) is 0 Å². The second-order valence-corrected chi connectivity index (χ2v) is 6.62. The van der Waals surface area contributed by atoms with Crippen LogP contribution in [-0.4, -0.2) is 5.91 Å². The highest BCUT2D eigenvalue weighted by Crippen LogP contribution is 2.33. The number of fused-ring (bicyclic) bond motifs is 1. The van der Waals surface area contributed by atoms with Gasteiger partial charge in [-0.25, -0.2) is 0 Å². The number of carbonyl (C=O) groups is 1. The number of nitrogen functional groups attached to an aromatic ring is 1. The normalized spacial score (nSPS) is 10.7. The van der Waals surface area contributed by atoms with Crippen LogP contribution in [-0.2, 0) is 6.54 Å². The van der Waals surface area contributed by atoms with Crippen molar-refractivity contribution in [3.63, 3.8) is 0 Å². The van der Waals surface area contributed by atoms with Crippen molar-refractivity contribution in [1.29, 1.82) is 0 Å². The van der Waals surface area contributed by atoms with E-state index < -0.39 is 0 Å². The van der Waals surface area contributed by atoms with Crippen molar-refractivity contribution in [3.8, 4) is 0 Å². The molecule has 3 nitrogen and oxygen atoms in total. The first-order valence-corrected chi connectivity index (χ1v) is 8.06. The van der Waals surface area contributed by atoms with Crippen molar-refractivity contribution in [1.82, 2.24) is 5.32 Å². The molecule has 0 saturated carbocycles. The Morgan fingerprint density at radius 3 is 2.57 bits per heavy atom. The monoisotopic (exact) mass is 360 g/mol. The van der Waals surface area contributed by atoms with Crippen molar-refractivity contribution >= 4 is 48.9 Å². The van der Waals surface area contributed by atoms with Gasteiger partial charge in [-0.2, -0.15) is 0 Å². The minimum atomic E-state index is -0.128. The molecule has 0 aliphatic rings. The molecule has 0 unspecified atom stereocenters. The van der Waals surface area contributed by atoms with E-state index >= 15 is 0 Å². The summed E-state index contributed by atoms with van der Waals surface area (Å²) >= 11 is 4.81. The molecule has 0 aliphatic carbocycles. The largest absolute Gasteiger partial charge is 0.397 e. The molecular weight excluding hydrogens is 348 g/mol. The zero-order chi connectivity index (χ0) is 14.8. The number of benzene rings is 2. The summed E-state index contributed by atoms with van der Waals surface area (Å²) in [5.74, 6) is -0.128. The van der Waals surface area contributed by atoms with Crippen LogP contribution < -0.4 is 11.1 Å². The van der Waals surface area contributed by atoms with E-state index in [0.29, 0.717) is 17.1 Å². The maximum absolute atomic E-state index is 12.3. The van der Waals surface area contributed by atoms with Crippen LogP contribution in [0.2, 0.25) is 0 Å². The lowest BCUT2D eigenvalue weighted by molar-refractivity contribution is 0.0956. The van der Waals surface area contributed by atoms with Gasteiger partial charge >= 0.3 is 0 Å². The van der Waals surface area contributed by atoms with Crippen molar-refractivity contribution in [2.45, 2.75) is 6.54 Å². The summed E-state index contributed by atoms with van der Waals surface area (Å²) in [6, 6.07) is 15.6. The number of amides is 1. The van der Waals surface area contributed by atoms with Gasteiger partial charge in [-0.3, -0.25) is 4.79 Å². The topological polar surface area (TPSA) is 55.1 Å². The number of rotatable bonds is 3. The van der Waals surface area contributed by atoms with E-state index in [9.17, 15) is 4.79 Å². The average Bonchev–Trinajstić information content (AvgIpc) is 2.84. The molecule has 0 fully saturated rings. The molecule has 1 aromatic heterocycles. The van der Waals surface area contributed by atoms with Gasteiger partial charge in [0.25, 0.3) is 5.91 Å². The highest BCUT2D eigenvalue weighted by Gasteiger charge is 2.15. The summed E-state index contributed by atoms with van der Waals surface area (Å²) in [6.07, 6.45) is 0. The first-order chi connectivity index (χ1) is 10.1. The highest BCUT2D eigenvalue weighted by molar-refractivity contribution is 9.10. The predicted octanol–water partition coefficient (Wildman–Crippen LogP) is 4.18. The Labute approximate surface area is 134 Å². The van der Waals surface area contributed by atoms with Crippen molar-refractivity contribution < 1.29 is 4.79 Å². The fraction of sp³-hybridized carbons (Fsp3) is 0.0625. The number of nitrogens with one attached hydrogen (secondary N) is 1. The van der Waals surface area contributed by atoms with Gasteiger partial charge in [-0.15, -0.1) is 11.3 Å². The quantitative estimate of drug-likeness (QED) is 0.736. The summed E-state index contributed by atoms with van der Waals surface area (Å²) < 4.78 is 2.05. The molecule has 106 valence electrons. The smallest absolute Gasteiger partial charge is 0.263 e. The molecule has 1 heterocycles. The number of anilines is 1. The van der Waals surface area contributed by atoms with E-state index in [1.54, 1.807) is 0 Å². The van der Waals surface area contributed by atoms with Gasteiger partial charge < -0.3 is 11.1 Å². The minimum Gasteiger partial charge on any atom is -0.397 e. The standard InChI is InChI=1S/C16H13BrN2OS/c17-11-7-5-10(6-8-11)9-19-16(20)15-14(18)12-3-1-2-4-13(12)21-15/h1-8H,9,18H2,(H,19,20). The molecule has 1 amide bonds. The SMILES string of the molecule is Nc1c(C(=O)NCc2ccc(Br)cc2)sc2ccccc12. The molecular formula is C16H13BrN2OS. The molecule has 5 heteroatoms. The van der Waals surface area contributed by atoms with Crippen LogP contribution in [0.4, 0.5) is 5.69 Å². The maximum Gasteiger partial charge on any atom is 0.263 e. The Kier molecular flexibility index (Phi) is 3.94. The van der Waals surface area contributed by atoms with Gasteiger partial charge in [0, 0.05) is 21.1 Å². The number of halogens is 1. The molecule has 2 aromatic carbocycles. The minimum absolute atomic E-state index is 0.128. The van der Waals surface area contributed by atoms with Crippen LogP contribution in [0.1, 0.15) is 15.2 Å². The molecule has 0 atom stereocenters. The van der Waals surface area contributed by atoms with Crippen LogP contribution in [0.25, 0.3) is 10.1 Å². The number of thiophene rings is 1. The van der Waals surface area contributed by atoms with Gasteiger partial charge in [-0.1, -0.05) is 46.3 Å². The zero-order valence-electron chi connectivity index (χ0n) is 11.1. The lowest BCUT2D eigenvalue weighted by Gasteiger charge is -2.05. The average molecular weight is 361 g/mol. The summed E-state index contributed by atoms with van der Waals surface area (Å²) in [6.45, 7) is 0.486. The Morgan fingerprint density at radius 1 is 1.14 bits per heavy atom. The Bertz CT molecular complexity index is 796. The number of hydrogen-bond donors (Lipinski definition) is 2. The van der Waals surface area contributed by atoms with Crippen LogP contribution >= 0.6 is 27.3 Å². The van der Waals surface area contributed by atoms with E-state index in [2.05, 4.69) is 21.2 Å². The van der Waals surface area contributed by atoms with E-state index in [0.717, 1.165) is 20.1 Å². The third kappa shape index (κ3) is 2.94. The van der Waals surface area contributed by atoms with Crippen LogP contribution in [0.3, 0.4) is 0 Å². The van der Waals surface area contributed by atoms with Crippen molar-refractivity contribution in [2.75, 3.05) is 5.73 Å². The second-order valence-electron chi connectivity index (χ2n) is 4.65. The van der Waals surface area contributed by atoms with Crippen molar-refractivity contribution in [3.05, 3.63) is 63.4 Å².